The third kappa shape index (κ3) is 3.19. The van der Waals surface area contributed by atoms with Crippen LogP contribution in [0.25, 0.3) is 0 Å². The summed E-state index contributed by atoms with van der Waals surface area (Å²) in [4.78, 5) is 0. The molecule has 0 aliphatic heterocycles. The molecule has 96 valence electrons. The molecule has 0 spiro atoms. The van der Waals surface area contributed by atoms with Crippen molar-refractivity contribution in [2.24, 2.45) is 23.7 Å². The van der Waals surface area contributed by atoms with E-state index in [1.165, 1.54) is 6.42 Å². The van der Waals surface area contributed by atoms with Gasteiger partial charge in [0.05, 0.1) is 12.7 Å². The zero-order valence-electron chi connectivity index (χ0n) is 10.6. The second-order valence-corrected chi connectivity index (χ2v) is 5.73. The first kappa shape index (κ1) is 13.9. The lowest BCUT2D eigenvalue weighted by atomic mass is 9.67. The zero-order chi connectivity index (χ0) is 12.3. The molecule has 16 heavy (non-hydrogen) atoms. The molecule has 1 rings (SSSR count). The van der Waals surface area contributed by atoms with Gasteiger partial charge in [-0.05, 0) is 36.5 Å². The van der Waals surface area contributed by atoms with Gasteiger partial charge in [-0.3, -0.25) is 0 Å². The van der Waals surface area contributed by atoms with E-state index in [2.05, 4.69) is 20.8 Å². The summed E-state index contributed by atoms with van der Waals surface area (Å²) in [6, 6.07) is 0. The molecule has 1 aliphatic rings. The molecule has 0 bridgehead atoms. The summed E-state index contributed by atoms with van der Waals surface area (Å²) in [6.07, 6.45) is 1.53. The van der Waals surface area contributed by atoms with Crippen molar-refractivity contribution < 1.29 is 15.3 Å². The summed E-state index contributed by atoms with van der Waals surface area (Å²) in [5.41, 5.74) is 0. The smallest absolute Gasteiger partial charge is 0.103 e. The minimum Gasteiger partial charge on any atom is -0.394 e. The molecule has 3 heteroatoms. The Hall–Kier alpha value is -0.120. The van der Waals surface area contributed by atoms with Crippen molar-refractivity contribution in [2.45, 2.75) is 52.2 Å². The van der Waals surface area contributed by atoms with E-state index in [0.29, 0.717) is 17.8 Å². The van der Waals surface area contributed by atoms with Gasteiger partial charge in [0.1, 0.15) is 6.10 Å². The summed E-state index contributed by atoms with van der Waals surface area (Å²) in [6.45, 7) is 6.19. The Balaban J connectivity index is 2.70. The fourth-order valence-corrected chi connectivity index (χ4v) is 3.06. The molecule has 0 saturated heterocycles. The number of hydrogen-bond acceptors (Lipinski definition) is 3. The number of aliphatic hydroxyl groups is 3. The van der Waals surface area contributed by atoms with Crippen LogP contribution in [0.3, 0.4) is 0 Å². The number of aliphatic hydroxyl groups excluding tert-OH is 3. The molecule has 0 aromatic rings. The van der Waals surface area contributed by atoms with Crippen LogP contribution in [-0.2, 0) is 0 Å². The molecule has 0 aromatic heterocycles. The summed E-state index contributed by atoms with van der Waals surface area (Å²) in [7, 11) is 0. The highest BCUT2D eigenvalue weighted by Crippen LogP contribution is 2.40. The second kappa shape index (κ2) is 5.99. The van der Waals surface area contributed by atoms with Crippen LogP contribution in [0.15, 0.2) is 0 Å². The molecule has 0 heterocycles. The van der Waals surface area contributed by atoms with E-state index >= 15 is 0 Å². The van der Waals surface area contributed by atoms with Gasteiger partial charge >= 0.3 is 0 Å². The Morgan fingerprint density at radius 1 is 1.12 bits per heavy atom. The van der Waals surface area contributed by atoms with E-state index < -0.39 is 12.2 Å². The van der Waals surface area contributed by atoms with Gasteiger partial charge in [-0.25, -0.2) is 0 Å². The van der Waals surface area contributed by atoms with Crippen LogP contribution in [0.4, 0.5) is 0 Å². The quantitative estimate of drug-likeness (QED) is 0.684. The molecule has 3 nitrogen and oxygen atoms in total. The van der Waals surface area contributed by atoms with Gasteiger partial charge in [-0.15, -0.1) is 0 Å². The van der Waals surface area contributed by atoms with E-state index in [0.717, 1.165) is 12.8 Å². The first-order chi connectivity index (χ1) is 7.47. The highest BCUT2D eigenvalue weighted by Gasteiger charge is 2.37. The summed E-state index contributed by atoms with van der Waals surface area (Å²) in [5, 5.41) is 28.6. The van der Waals surface area contributed by atoms with Gasteiger partial charge in [0.25, 0.3) is 0 Å². The molecule has 5 atom stereocenters. The average molecular weight is 230 g/mol. The largest absolute Gasteiger partial charge is 0.394 e. The maximum Gasteiger partial charge on any atom is 0.103 e. The SMILES string of the molecule is CC(C)[C@H]1CC[C@H](C)C[C@@H]1C(O)C(O)CO. The normalized spacial score (nSPS) is 35.1. The standard InChI is InChI=1S/C13H26O3/c1-8(2)10-5-4-9(3)6-11(10)13(16)12(15)7-14/h8-16H,4-7H2,1-3H3/t9-,10+,11-,12?,13?/m0/s1. The lowest BCUT2D eigenvalue weighted by molar-refractivity contribution is -0.0766. The Morgan fingerprint density at radius 2 is 1.75 bits per heavy atom. The van der Waals surface area contributed by atoms with E-state index in [-0.39, 0.29) is 12.5 Å². The van der Waals surface area contributed by atoms with Crippen molar-refractivity contribution in [1.82, 2.24) is 0 Å². The van der Waals surface area contributed by atoms with Crippen molar-refractivity contribution in [1.29, 1.82) is 0 Å². The third-order valence-electron chi connectivity index (χ3n) is 4.09. The zero-order valence-corrected chi connectivity index (χ0v) is 10.6. The van der Waals surface area contributed by atoms with Crippen molar-refractivity contribution in [3.63, 3.8) is 0 Å². The van der Waals surface area contributed by atoms with Crippen LogP contribution >= 0.6 is 0 Å². The Kier molecular flexibility index (Phi) is 5.22. The first-order valence-electron chi connectivity index (χ1n) is 6.44. The van der Waals surface area contributed by atoms with E-state index in [9.17, 15) is 10.2 Å². The average Bonchev–Trinajstić information content (AvgIpc) is 2.26. The maximum absolute atomic E-state index is 10.1. The van der Waals surface area contributed by atoms with Gasteiger partial charge in [0.2, 0.25) is 0 Å². The monoisotopic (exact) mass is 230 g/mol. The highest BCUT2D eigenvalue weighted by atomic mass is 16.4. The molecular formula is C13H26O3. The van der Waals surface area contributed by atoms with Gasteiger partial charge < -0.3 is 15.3 Å². The molecule has 3 N–H and O–H groups in total. The minimum absolute atomic E-state index is 0.130. The fourth-order valence-electron chi connectivity index (χ4n) is 3.06. The highest BCUT2D eigenvalue weighted by molar-refractivity contribution is 4.87. The second-order valence-electron chi connectivity index (χ2n) is 5.73. The fraction of sp³-hybridized carbons (Fsp3) is 1.00. The van der Waals surface area contributed by atoms with Crippen molar-refractivity contribution in [3.8, 4) is 0 Å². The summed E-state index contributed by atoms with van der Waals surface area (Å²) in [5.74, 6) is 1.73. The summed E-state index contributed by atoms with van der Waals surface area (Å²) >= 11 is 0. The molecule has 0 aromatic carbocycles. The van der Waals surface area contributed by atoms with Crippen molar-refractivity contribution in [2.75, 3.05) is 6.61 Å². The predicted molar refractivity (Wildman–Crippen MR) is 63.9 cm³/mol. The molecule has 0 radical (unpaired) electrons. The van der Waals surface area contributed by atoms with E-state index in [1.807, 2.05) is 0 Å². The molecule has 0 amide bonds. The van der Waals surface area contributed by atoms with Gasteiger partial charge in [0.15, 0.2) is 0 Å². The van der Waals surface area contributed by atoms with Crippen molar-refractivity contribution >= 4 is 0 Å². The lowest BCUT2D eigenvalue weighted by Gasteiger charge is -2.41. The van der Waals surface area contributed by atoms with Crippen LogP contribution in [0, 0.1) is 23.7 Å². The minimum atomic E-state index is -0.989. The van der Waals surface area contributed by atoms with Gasteiger partial charge in [-0.1, -0.05) is 27.2 Å². The van der Waals surface area contributed by atoms with Crippen LogP contribution in [-0.4, -0.2) is 34.1 Å². The number of hydrogen-bond donors (Lipinski definition) is 3. The first-order valence-corrected chi connectivity index (χ1v) is 6.44. The van der Waals surface area contributed by atoms with Crippen molar-refractivity contribution in [3.05, 3.63) is 0 Å². The van der Waals surface area contributed by atoms with Crippen LogP contribution < -0.4 is 0 Å². The van der Waals surface area contributed by atoms with Crippen LogP contribution in [0.1, 0.15) is 40.0 Å². The molecular weight excluding hydrogens is 204 g/mol. The van der Waals surface area contributed by atoms with Gasteiger partial charge in [0, 0.05) is 0 Å². The van der Waals surface area contributed by atoms with Crippen LogP contribution in [0.5, 0.6) is 0 Å². The number of rotatable bonds is 4. The third-order valence-corrected chi connectivity index (χ3v) is 4.09. The maximum atomic E-state index is 10.1. The Labute approximate surface area is 98.5 Å². The molecule has 1 fully saturated rings. The molecule has 1 aliphatic carbocycles. The Morgan fingerprint density at radius 3 is 2.25 bits per heavy atom. The lowest BCUT2D eigenvalue weighted by Crippen LogP contribution is -2.43. The Bertz CT molecular complexity index is 205. The molecule has 1 saturated carbocycles. The van der Waals surface area contributed by atoms with Crippen LogP contribution in [0.2, 0.25) is 0 Å². The van der Waals surface area contributed by atoms with E-state index in [1.54, 1.807) is 0 Å². The topological polar surface area (TPSA) is 60.7 Å². The summed E-state index contributed by atoms with van der Waals surface area (Å²) < 4.78 is 0. The molecule has 2 unspecified atom stereocenters. The van der Waals surface area contributed by atoms with E-state index in [4.69, 9.17) is 5.11 Å². The van der Waals surface area contributed by atoms with Gasteiger partial charge in [-0.2, -0.15) is 0 Å². The predicted octanol–water partition coefficient (Wildman–Crippen LogP) is 1.41.